The number of benzene rings is 1. The highest BCUT2D eigenvalue weighted by Gasteiger charge is 2.17. The summed E-state index contributed by atoms with van der Waals surface area (Å²) in [5.41, 5.74) is -0.956. The van der Waals surface area contributed by atoms with Crippen molar-refractivity contribution in [2.24, 2.45) is 0 Å². The predicted molar refractivity (Wildman–Crippen MR) is 80.2 cm³/mol. The number of fused-ring (bicyclic) bond motifs is 1. The van der Waals surface area contributed by atoms with Crippen molar-refractivity contribution >= 4 is 28.7 Å². The first-order chi connectivity index (χ1) is 10.9. The van der Waals surface area contributed by atoms with Gasteiger partial charge in [-0.3, -0.25) is 14.9 Å². The lowest BCUT2D eigenvalue weighted by atomic mass is 10.1. The molecule has 0 saturated carbocycles. The Morgan fingerprint density at radius 1 is 1.22 bits per heavy atom. The molecule has 0 fully saturated rings. The fourth-order valence-corrected chi connectivity index (χ4v) is 2.01. The molecule has 23 heavy (non-hydrogen) atoms. The van der Waals surface area contributed by atoms with Gasteiger partial charge in [0, 0.05) is 11.9 Å². The molecule has 0 spiro atoms. The zero-order valence-corrected chi connectivity index (χ0v) is 12.2. The van der Waals surface area contributed by atoms with Crippen LogP contribution in [-0.4, -0.2) is 39.3 Å². The highest BCUT2D eigenvalue weighted by molar-refractivity contribution is 6.01. The van der Waals surface area contributed by atoms with E-state index >= 15 is 0 Å². The van der Waals surface area contributed by atoms with Crippen molar-refractivity contribution in [2.75, 3.05) is 6.54 Å². The Kier molecular flexibility index (Phi) is 4.69. The standard InChI is InChI=1S/C14H14N4O5/c1-2-15-14(23)16-10(19)7-18-12(20)9-6-4-3-5-8(9)11(17-18)13(21)22/h3-6H,2,7H2,1H3,(H,21,22)(H2,15,16,19,23). The Balaban J connectivity index is 2.40. The third-order valence-corrected chi connectivity index (χ3v) is 2.95. The van der Waals surface area contributed by atoms with Crippen molar-refractivity contribution < 1.29 is 19.5 Å². The van der Waals surface area contributed by atoms with E-state index in [1.165, 1.54) is 12.1 Å². The molecule has 0 aliphatic rings. The highest BCUT2D eigenvalue weighted by atomic mass is 16.4. The van der Waals surface area contributed by atoms with E-state index in [0.29, 0.717) is 6.54 Å². The molecule has 1 heterocycles. The summed E-state index contributed by atoms with van der Waals surface area (Å²) in [6, 6.07) is 5.37. The van der Waals surface area contributed by atoms with Crippen LogP contribution in [0.5, 0.6) is 0 Å². The number of carboxylic acid groups (broad SMARTS) is 1. The van der Waals surface area contributed by atoms with Crippen molar-refractivity contribution in [1.82, 2.24) is 20.4 Å². The molecular weight excluding hydrogens is 304 g/mol. The first-order valence-corrected chi connectivity index (χ1v) is 6.75. The average molecular weight is 318 g/mol. The maximum Gasteiger partial charge on any atom is 0.357 e. The SMILES string of the molecule is CCNC(=O)NC(=O)Cn1nc(C(=O)O)c2ccccc2c1=O. The van der Waals surface area contributed by atoms with E-state index < -0.39 is 30.0 Å². The average Bonchev–Trinajstić information content (AvgIpc) is 2.50. The maximum absolute atomic E-state index is 12.3. The number of amides is 3. The van der Waals surface area contributed by atoms with Gasteiger partial charge in [0.1, 0.15) is 6.54 Å². The largest absolute Gasteiger partial charge is 0.476 e. The molecular formula is C14H14N4O5. The van der Waals surface area contributed by atoms with E-state index in [9.17, 15) is 24.3 Å². The molecule has 9 nitrogen and oxygen atoms in total. The number of carboxylic acids is 1. The van der Waals surface area contributed by atoms with E-state index in [-0.39, 0.29) is 16.5 Å². The number of hydrogen-bond acceptors (Lipinski definition) is 5. The van der Waals surface area contributed by atoms with Gasteiger partial charge in [-0.2, -0.15) is 5.10 Å². The Morgan fingerprint density at radius 3 is 2.48 bits per heavy atom. The molecule has 0 bridgehead atoms. The predicted octanol–water partition coefficient (Wildman–Crippen LogP) is -0.0596. The topological polar surface area (TPSA) is 130 Å². The molecule has 2 aromatic rings. The number of aromatic carboxylic acids is 1. The molecule has 9 heteroatoms. The van der Waals surface area contributed by atoms with E-state index in [0.717, 1.165) is 4.68 Å². The van der Waals surface area contributed by atoms with Crippen LogP contribution in [0.2, 0.25) is 0 Å². The van der Waals surface area contributed by atoms with E-state index in [2.05, 4.69) is 10.4 Å². The second-order valence-corrected chi connectivity index (χ2v) is 4.57. The molecule has 2 rings (SSSR count). The van der Waals surface area contributed by atoms with Crippen molar-refractivity contribution in [3.05, 3.63) is 40.3 Å². The van der Waals surface area contributed by atoms with Crippen molar-refractivity contribution in [1.29, 1.82) is 0 Å². The number of rotatable bonds is 4. The first kappa shape index (κ1) is 16.1. The number of hydrogen-bond donors (Lipinski definition) is 3. The number of aromatic nitrogens is 2. The molecule has 0 aliphatic carbocycles. The third-order valence-electron chi connectivity index (χ3n) is 2.95. The molecule has 3 N–H and O–H groups in total. The Hall–Kier alpha value is -3.23. The van der Waals surface area contributed by atoms with E-state index in [1.54, 1.807) is 19.1 Å². The number of urea groups is 1. The summed E-state index contributed by atoms with van der Waals surface area (Å²) >= 11 is 0. The molecule has 0 aliphatic heterocycles. The first-order valence-electron chi connectivity index (χ1n) is 6.75. The Bertz CT molecular complexity index is 843. The monoisotopic (exact) mass is 318 g/mol. The second-order valence-electron chi connectivity index (χ2n) is 4.57. The van der Waals surface area contributed by atoms with Crippen LogP contribution >= 0.6 is 0 Å². The van der Waals surface area contributed by atoms with Crippen LogP contribution in [-0.2, 0) is 11.3 Å². The summed E-state index contributed by atoms with van der Waals surface area (Å²) in [4.78, 5) is 46.6. The molecule has 0 unspecified atom stereocenters. The smallest absolute Gasteiger partial charge is 0.357 e. The van der Waals surface area contributed by atoms with Gasteiger partial charge >= 0.3 is 12.0 Å². The summed E-state index contributed by atoms with van der Waals surface area (Å²) in [6.07, 6.45) is 0. The van der Waals surface area contributed by atoms with Crippen LogP contribution in [0.15, 0.2) is 29.1 Å². The maximum atomic E-state index is 12.3. The lowest BCUT2D eigenvalue weighted by Crippen LogP contribution is -2.42. The van der Waals surface area contributed by atoms with Gasteiger partial charge in [-0.25, -0.2) is 14.3 Å². The molecule has 0 radical (unpaired) electrons. The van der Waals surface area contributed by atoms with Crippen molar-refractivity contribution in [3.8, 4) is 0 Å². The minimum absolute atomic E-state index is 0.130. The van der Waals surface area contributed by atoms with Crippen LogP contribution < -0.4 is 16.2 Å². The summed E-state index contributed by atoms with van der Waals surface area (Å²) in [5, 5.41) is 17.6. The minimum atomic E-state index is -1.32. The summed E-state index contributed by atoms with van der Waals surface area (Å²) in [6.45, 7) is 1.44. The van der Waals surface area contributed by atoms with Gasteiger partial charge in [-0.1, -0.05) is 18.2 Å². The minimum Gasteiger partial charge on any atom is -0.476 e. The van der Waals surface area contributed by atoms with E-state index in [4.69, 9.17) is 0 Å². The van der Waals surface area contributed by atoms with Crippen LogP contribution in [0, 0.1) is 0 Å². The Morgan fingerprint density at radius 2 is 1.87 bits per heavy atom. The number of carbonyl (C=O) groups is 3. The molecule has 120 valence electrons. The fraction of sp³-hybridized carbons (Fsp3) is 0.214. The molecule has 1 aromatic carbocycles. The quantitative estimate of drug-likeness (QED) is 0.724. The van der Waals surface area contributed by atoms with Gasteiger partial charge in [0.05, 0.1) is 5.39 Å². The summed E-state index contributed by atoms with van der Waals surface area (Å²) in [7, 11) is 0. The second kappa shape index (κ2) is 6.69. The summed E-state index contributed by atoms with van der Waals surface area (Å²) < 4.78 is 0.723. The molecule has 0 saturated heterocycles. The van der Waals surface area contributed by atoms with Crippen LogP contribution in [0.4, 0.5) is 4.79 Å². The van der Waals surface area contributed by atoms with E-state index in [1.807, 2.05) is 5.32 Å². The van der Waals surface area contributed by atoms with Gasteiger partial charge in [0.15, 0.2) is 5.69 Å². The zero-order valence-electron chi connectivity index (χ0n) is 12.2. The van der Waals surface area contributed by atoms with Gasteiger partial charge < -0.3 is 10.4 Å². The zero-order chi connectivity index (χ0) is 17.0. The van der Waals surface area contributed by atoms with Crippen molar-refractivity contribution in [3.63, 3.8) is 0 Å². The number of imide groups is 1. The number of nitrogens with one attached hydrogen (secondary N) is 2. The number of nitrogens with zero attached hydrogens (tertiary/aromatic N) is 2. The van der Waals surface area contributed by atoms with Crippen molar-refractivity contribution in [2.45, 2.75) is 13.5 Å². The Labute approximate surface area is 129 Å². The summed E-state index contributed by atoms with van der Waals surface area (Å²) in [5.74, 6) is -2.10. The van der Waals surface area contributed by atoms with Crippen LogP contribution in [0.3, 0.4) is 0 Å². The lowest BCUT2D eigenvalue weighted by molar-refractivity contribution is -0.120. The third kappa shape index (κ3) is 3.51. The molecule has 3 amide bonds. The van der Waals surface area contributed by atoms with Crippen LogP contribution in [0.25, 0.3) is 10.8 Å². The highest BCUT2D eigenvalue weighted by Crippen LogP contribution is 2.12. The fourth-order valence-electron chi connectivity index (χ4n) is 2.01. The van der Waals surface area contributed by atoms with Gasteiger partial charge in [-0.05, 0) is 13.0 Å². The normalized spacial score (nSPS) is 10.3. The lowest BCUT2D eigenvalue weighted by Gasteiger charge is -2.09. The van der Waals surface area contributed by atoms with Gasteiger partial charge in [0.25, 0.3) is 5.56 Å². The van der Waals surface area contributed by atoms with Gasteiger partial charge in [-0.15, -0.1) is 0 Å². The molecule has 1 aromatic heterocycles. The van der Waals surface area contributed by atoms with Gasteiger partial charge in [0.2, 0.25) is 5.91 Å². The number of carbonyl (C=O) groups excluding carboxylic acids is 2. The van der Waals surface area contributed by atoms with Crippen LogP contribution in [0.1, 0.15) is 17.4 Å². The molecule has 0 atom stereocenters.